The van der Waals surface area contributed by atoms with Gasteiger partial charge in [-0.1, -0.05) is 35.9 Å². The van der Waals surface area contributed by atoms with Crippen LogP contribution in [-0.2, 0) is 5.60 Å². The van der Waals surface area contributed by atoms with Crippen LogP contribution in [0.1, 0.15) is 21.5 Å². The van der Waals surface area contributed by atoms with Gasteiger partial charge in [0.25, 0.3) is 11.5 Å². The SMILES string of the molecule is Cc1cc(C(O)(C(F)(F)F)C(F)(F)F)ccc1NC(=O)c1ccccc1Cl. The third-order valence-electron chi connectivity index (χ3n) is 3.83. The Morgan fingerprint density at radius 1 is 1.00 bits per heavy atom. The summed E-state index contributed by atoms with van der Waals surface area (Å²) in [6.45, 7) is 1.19. The number of aliphatic hydroxyl groups is 1. The Kier molecular flexibility index (Phi) is 5.49. The first-order valence-corrected chi connectivity index (χ1v) is 7.69. The van der Waals surface area contributed by atoms with Crippen molar-refractivity contribution in [3.05, 3.63) is 64.2 Å². The minimum absolute atomic E-state index is 0.0321. The fourth-order valence-corrected chi connectivity index (χ4v) is 2.57. The molecule has 0 radical (unpaired) electrons. The molecule has 0 saturated carbocycles. The molecule has 2 rings (SSSR count). The summed E-state index contributed by atoms with van der Waals surface area (Å²) in [5, 5.41) is 11.9. The maximum Gasteiger partial charge on any atom is 0.430 e. The van der Waals surface area contributed by atoms with E-state index in [0.29, 0.717) is 12.1 Å². The minimum Gasteiger partial charge on any atom is -0.369 e. The molecule has 10 heteroatoms. The molecular weight excluding hydrogens is 400 g/mol. The van der Waals surface area contributed by atoms with E-state index in [4.69, 9.17) is 11.6 Å². The second-order valence-corrected chi connectivity index (χ2v) is 6.08. The zero-order chi connectivity index (χ0) is 20.6. The number of aryl methyl sites for hydroxylation is 1. The number of hydrogen-bond acceptors (Lipinski definition) is 2. The first kappa shape index (κ1) is 21.0. The van der Waals surface area contributed by atoms with Gasteiger partial charge < -0.3 is 10.4 Å². The van der Waals surface area contributed by atoms with Gasteiger partial charge in [0, 0.05) is 11.3 Å². The first-order valence-electron chi connectivity index (χ1n) is 7.32. The molecule has 0 aliphatic heterocycles. The Morgan fingerprint density at radius 3 is 2.04 bits per heavy atom. The second-order valence-electron chi connectivity index (χ2n) is 5.67. The lowest BCUT2D eigenvalue weighted by atomic mass is 9.90. The van der Waals surface area contributed by atoms with Crippen molar-refractivity contribution in [3.8, 4) is 0 Å². The zero-order valence-electron chi connectivity index (χ0n) is 13.5. The molecule has 146 valence electrons. The number of hydrogen-bond donors (Lipinski definition) is 2. The molecule has 27 heavy (non-hydrogen) atoms. The Labute approximate surface area is 154 Å². The summed E-state index contributed by atoms with van der Waals surface area (Å²) in [7, 11) is 0. The third kappa shape index (κ3) is 3.89. The highest BCUT2D eigenvalue weighted by atomic mass is 35.5. The van der Waals surface area contributed by atoms with Crippen LogP contribution in [0.4, 0.5) is 32.0 Å². The van der Waals surface area contributed by atoms with E-state index < -0.39 is 29.4 Å². The van der Waals surface area contributed by atoms with Crippen LogP contribution in [0.5, 0.6) is 0 Å². The highest BCUT2D eigenvalue weighted by molar-refractivity contribution is 6.34. The molecule has 0 aliphatic carbocycles. The van der Waals surface area contributed by atoms with Crippen LogP contribution in [0.2, 0.25) is 5.02 Å². The van der Waals surface area contributed by atoms with Crippen molar-refractivity contribution in [1.82, 2.24) is 0 Å². The van der Waals surface area contributed by atoms with Crippen LogP contribution in [0.3, 0.4) is 0 Å². The predicted molar refractivity (Wildman–Crippen MR) is 86.6 cm³/mol. The average Bonchev–Trinajstić information content (AvgIpc) is 2.54. The molecule has 2 aromatic carbocycles. The van der Waals surface area contributed by atoms with E-state index in [2.05, 4.69) is 5.32 Å². The van der Waals surface area contributed by atoms with Crippen molar-refractivity contribution in [2.45, 2.75) is 24.9 Å². The van der Waals surface area contributed by atoms with Crippen molar-refractivity contribution >= 4 is 23.2 Å². The van der Waals surface area contributed by atoms with Crippen molar-refractivity contribution in [2.75, 3.05) is 5.32 Å². The third-order valence-corrected chi connectivity index (χ3v) is 4.16. The normalized spacial score (nSPS) is 12.8. The summed E-state index contributed by atoms with van der Waals surface area (Å²) < 4.78 is 77.6. The summed E-state index contributed by atoms with van der Waals surface area (Å²) in [4.78, 5) is 12.2. The smallest absolute Gasteiger partial charge is 0.369 e. The summed E-state index contributed by atoms with van der Waals surface area (Å²) in [6.07, 6.45) is -12.0. The molecule has 0 saturated heterocycles. The van der Waals surface area contributed by atoms with Gasteiger partial charge in [-0.3, -0.25) is 4.79 Å². The largest absolute Gasteiger partial charge is 0.430 e. The van der Waals surface area contributed by atoms with Gasteiger partial charge in [0.2, 0.25) is 0 Å². The van der Waals surface area contributed by atoms with Gasteiger partial charge >= 0.3 is 12.4 Å². The van der Waals surface area contributed by atoms with Crippen LogP contribution in [0.25, 0.3) is 0 Å². The van der Waals surface area contributed by atoms with E-state index in [1.54, 1.807) is 6.07 Å². The molecule has 2 aromatic rings. The van der Waals surface area contributed by atoms with Crippen molar-refractivity contribution in [2.24, 2.45) is 0 Å². The minimum atomic E-state index is -5.99. The molecular formula is C17H12ClF6NO2. The van der Waals surface area contributed by atoms with Crippen molar-refractivity contribution in [3.63, 3.8) is 0 Å². The standard InChI is InChI=1S/C17H12ClF6NO2/c1-9-8-10(15(27,16(19,20)21)17(22,23)24)6-7-13(9)25-14(26)11-4-2-3-5-12(11)18/h2-8,27H,1H3,(H,25,26). The van der Waals surface area contributed by atoms with E-state index in [1.165, 1.54) is 25.1 Å². The fraction of sp³-hybridized carbons (Fsp3) is 0.235. The lowest BCUT2D eigenvalue weighted by Gasteiger charge is -2.33. The Morgan fingerprint density at radius 2 is 1.56 bits per heavy atom. The maximum atomic E-state index is 12.9. The van der Waals surface area contributed by atoms with Gasteiger partial charge in [-0.15, -0.1) is 0 Å². The van der Waals surface area contributed by atoms with Crippen LogP contribution < -0.4 is 5.32 Å². The molecule has 3 nitrogen and oxygen atoms in total. The van der Waals surface area contributed by atoms with Crippen LogP contribution in [-0.4, -0.2) is 23.4 Å². The van der Waals surface area contributed by atoms with E-state index >= 15 is 0 Å². The number of halogens is 7. The second kappa shape index (κ2) is 7.05. The maximum absolute atomic E-state index is 12.9. The van der Waals surface area contributed by atoms with Gasteiger partial charge in [-0.2, -0.15) is 26.3 Å². The van der Waals surface area contributed by atoms with E-state index in [0.717, 1.165) is 6.07 Å². The van der Waals surface area contributed by atoms with Gasteiger partial charge in [0.1, 0.15) is 0 Å². The summed E-state index contributed by atoms with van der Waals surface area (Å²) in [6, 6.07) is 7.77. The van der Waals surface area contributed by atoms with E-state index in [1.807, 2.05) is 0 Å². The Hall–Kier alpha value is -2.26. The highest BCUT2D eigenvalue weighted by Gasteiger charge is 2.71. The monoisotopic (exact) mass is 411 g/mol. The molecule has 0 heterocycles. The van der Waals surface area contributed by atoms with Gasteiger partial charge in [0.15, 0.2) is 0 Å². The fourth-order valence-electron chi connectivity index (χ4n) is 2.35. The highest BCUT2D eigenvalue weighted by Crippen LogP contribution is 2.50. The number of amides is 1. The number of alkyl halides is 6. The summed E-state index contributed by atoms with van der Waals surface area (Å²) in [5.41, 5.74) is -6.51. The molecule has 0 spiro atoms. The lowest BCUT2D eigenvalue weighted by Crippen LogP contribution is -2.53. The molecule has 0 aliphatic rings. The van der Waals surface area contributed by atoms with E-state index in [9.17, 15) is 36.2 Å². The number of rotatable bonds is 3. The van der Waals surface area contributed by atoms with Gasteiger partial charge in [-0.25, -0.2) is 0 Å². The number of benzene rings is 2. The topological polar surface area (TPSA) is 49.3 Å². The van der Waals surface area contributed by atoms with E-state index in [-0.39, 0.29) is 21.8 Å². The quantitative estimate of drug-likeness (QED) is 0.681. The number of anilines is 1. The number of nitrogens with one attached hydrogen (secondary N) is 1. The van der Waals surface area contributed by atoms with Crippen molar-refractivity contribution < 1.29 is 36.2 Å². The molecule has 0 fully saturated rings. The zero-order valence-corrected chi connectivity index (χ0v) is 14.3. The summed E-state index contributed by atoms with van der Waals surface area (Å²) in [5.74, 6) is -0.696. The van der Waals surface area contributed by atoms with Crippen LogP contribution >= 0.6 is 11.6 Å². The summed E-state index contributed by atoms with van der Waals surface area (Å²) >= 11 is 5.87. The van der Waals surface area contributed by atoms with Gasteiger partial charge in [-0.05, 0) is 30.7 Å². The molecule has 1 amide bonds. The average molecular weight is 412 g/mol. The Bertz CT molecular complexity index is 849. The molecule has 0 atom stereocenters. The number of carbonyl (C=O) groups is 1. The molecule has 2 N–H and O–H groups in total. The van der Waals surface area contributed by atoms with Crippen LogP contribution in [0.15, 0.2) is 42.5 Å². The molecule has 0 bridgehead atoms. The van der Waals surface area contributed by atoms with Crippen LogP contribution in [0, 0.1) is 6.92 Å². The lowest BCUT2D eigenvalue weighted by molar-refractivity contribution is -0.376. The van der Waals surface area contributed by atoms with Crippen molar-refractivity contribution in [1.29, 1.82) is 0 Å². The predicted octanol–water partition coefficient (Wildman–Crippen LogP) is 5.21. The van der Waals surface area contributed by atoms with Gasteiger partial charge in [0.05, 0.1) is 10.6 Å². The molecule has 0 unspecified atom stereocenters. The molecule has 0 aromatic heterocycles. The number of carbonyl (C=O) groups excluding carboxylic acids is 1. The Balaban J connectivity index is 2.41. The first-order chi connectivity index (χ1) is 12.3.